The van der Waals surface area contributed by atoms with Gasteiger partial charge in [-0.2, -0.15) is 0 Å². The van der Waals surface area contributed by atoms with Crippen molar-refractivity contribution in [1.29, 1.82) is 0 Å². The summed E-state index contributed by atoms with van der Waals surface area (Å²) in [6.07, 6.45) is 2.26. The summed E-state index contributed by atoms with van der Waals surface area (Å²) < 4.78 is 26.0. The summed E-state index contributed by atoms with van der Waals surface area (Å²) in [5.41, 5.74) is 6.17. The molecule has 0 spiro atoms. The molecule has 0 atom stereocenters. The minimum Gasteiger partial charge on any atom is -0.324 e. The SMILES string of the molecule is CNS(=O)(=O)c1cc(NC(=O)C2(N)CCC2)ccc1C. The molecular weight excluding hydrogens is 278 g/mol. The lowest BCUT2D eigenvalue weighted by Crippen LogP contribution is -2.56. The number of aryl methyl sites for hydroxylation is 1. The van der Waals surface area contributed by atoms with Gasteiger partial charge in [0.15, 0.2) is 0 Å². The first-order chi connectivity index (χ1) is 9.28. The van der Waals surface area contributed by atoms with E-state index in [2.05, 4.69) is 10.0 Å². The number of nitrogens with two attached hydrogens (primary N) is 1. The van der Waals surface area contributed by atoms with Gasteiger partial charge in [0, 0.05) is 5.69 Å². The van der Waals surface area contributed by atoms with Gasteiger partial charge in [0.05, 0.1) is 10.4 Å². The van der Waals surface area contributed by atoms with Crippen molar-refractivity contribution in [3.63, 3.8) is 0 Å². The number of amides is 1. The van der Waals surface area contributed by atoms with Gasteiger partial charge in [-0.15, -0.1) is 0 Å². The van der Waals surface area contributed by atoms with E-state index in [-0.39, 0.29) is 10.8 Å². The zero-order valence-corrected chi connectivity index (χ0v) is 12.4. The van der Waals surface area contributed by atoms with Crippen molar-refractivity contribution in [2.45, 2.75) is 36.6 Å². The maximum atomic E-state index is 12.0. The first-order valence-corrected chi connectivity index (χ1v) is 7.91. The molecular formula is C13H19N3O3S. The molecule has 110 valence electrons. The molecule has 0 heterocycles. The predicted molar refractivity (Wildman–Crippen MR) is 76.8 cm³/mol. The topological polar surface area (TPSA) is 101 Å². The minimum atomic E-state index is -3.55. The van der Waals surface area contributed by atoms with Gasteiger partial charge in [0.2, 0.25) is 15.9 Å². The van der Waals surface area contributed by atoms with E-state index in [4.69, 9.17) is 5.73 Å². The molecule has 7 heteroatoms. The summed E-state index contributed by atoms with van der Waals surface area (Å²) >= 11 is 0. The van der Waals surface area contributed by atoms with E-state index in [0.717, 1.165) is 6.42 Å². The fourth-order valence-corrected chi connectivity index (χ4v) is 3.11. The number of nitrogens with one attached hydrogen (secondary N) is 2. The van der Waals surface area contributed by atoms with Crippen LogP contribution in [0.2, 0.25) is 0 Å². The molecule has 6 nitrogen and oxygen atoms in total. The molecule has 1 aliphatic carbocycles. The van der Waals surface area contributed by atoms with Crippen molar-refractivity contribution in [2.24, 2.45) is 5.73 Å². The normalized spacial score (nSPS) is 17.4. The van der Waals surface area contributed by atoms with Crippen molar-refractivity contribution in [3.05, 3.63) is 23.8 Å². The van der Waals surface area contributed by atoms with Gasteiger partial charge >= 0.3 is 0 Å². The standard InChI is InChI=1S/C13H19N3O3S/c1-9-4-5-10(8-11(9)20(18,19)15-2)16-12(17)13(14)6-3-7-13/h4-5,8,15H,3,6-7,14H2,1-2H3,(H,16,17). The fourth-order valence-electron chi connectivity index (χ4n) is 2.12. The molecule has 1 fully saturated rings. The maximum absolute atomic E-state index is 12.0. The molecule has 0 unspecified atom stereocenters. The number of hydrogen-bond acceptors (Lipinski definition) is 4. The summed E-state index contributed by atoms with van der Waals surface area (Å²) in [6, 6.07) is 4.77. The van der Waals surface area contributed by atoms with Gasteiger partial charge in [-0.3, -0.25) is 4.79 Å². The van der Waals surface area contributed by atoms with E-state index in [1.165, 1.54) is 13.1 Å². The molecule has 0 aromatic heterocycles. The summed E-state index contributed by atoms with van der Waals surface area (Å²) in [5.74, 6) is -0.264. The highest BCUT2D eigenvalue weighted by Gasteiger charge is 2.40. The number of sulfonamides is 1. The second-order valence-corrected chi connectivity index (χ2v) is 7.01. The highest BCUT2D eigenvalue weighted by atomic mass is 32.2. The third kappa shape index (κ3) is 2.70. The van der Waals surface area contributed by atoms with Crippen LogP contribution < -0.4 is 15.8 Å². The quantitative estimate of drug-likeness (QED) is 0.762. The second kappa shape index (κ2) is 5.16. The van der Waals surface area contributed by atoms with Gasteiger partial charge in [0.1, 0.15) is 0 Å². The second-order valence-electron chi connectivity index (χ2n) is 5.15. The first-order valence-electron chi connectivity index (χ1n) is 6.43. The van der Waals surface area contributed by atoms with Gasteiger partial charge in [-0.1, -0.05) is 6.07 Å². The molecule has 0 saturated heterocycles. The lowest BCUT2D eigenvalue weighted by atomic mass is 9.77. The first kappa shape index (κ1) is 15.0. The van der Waals surface area contributed by atoms with Crippen LogP contribution in [0.25, 0.3) is 0 Å². The smallest absolute Gasteiger partial charge is 0.244 e. The van der Waals surface area contributed by atoms with E-state index in [1.807, 2.05) is 0 Å². The van der Waals surface area contributed by atoms with Crippen LogP contribution in [0.5, 0.6) is 0 Å². The average molecular weight is 297 g/mol. The molecule has 1 saturated carbocycles. The Morgan fingerprint density at radius 2 is 2.00 bits per heavy atom. The van der Waals surface area contributed by atoms with E-state index < -0.39 is 15.6 Å². The van der Waals surface area contributed by atoms with Crippen LogP contribution in [-0.4, -0.2) is 26.9 Å². The van der Waals surface area contributed by atoms with Gasteiger partial charge in [-0.25, -0.2) is 13.1 Å². The molecule has 1 amide bonds. The van der Waals surface area contributed by atoms with Crippen molar-refractivity contribution in [2.75, 3.05) is 12.4 Å². The average Bonchev–Trinajstić information content (AvgIpc) is 2.37. The third-order valence-electron chi connectivity index (χ3n) is 3.70. The van der Waals surface area contributed by atoms with Crippen LogP contribution in [0.1, 0.15) is 24.8 Å². The molecule has 1 aliphatic rings. The Morgan fingerprint density at radius 3 is 2.50 bits per heavy atom. The summed E-state index contributed by atoms with van der Waals surface area (Å²) in [5, 5.41) is 2.69. The van der Waals surface area contributed by atoms with Gasteiger partial charge < -0.3 is 11.1 Å². The van der Waals surface area contributed by atoms with E-state index in [1.54, 1.807) is 19.1 Å². The van der Waals surface area contributed by atoms with Gasteiger partial charge in [-0.05, 0) is 50.9 Å². The summed E-state index contributed by atoms with van der Waals surface area (Å²) in [7, 11) is -2.20. The van der Waals surface area contributed by atoms with Crippen molar-refractivity contribution in [3.8, 4) is 0 Å². The molecule has 20 heavy (non-hydrogen) atoms. The van der Waals surface area contributed by atoms with Crippen LogP contribution in [0.15, 0.2) is 23.1 Å². The Hall–Kier alpha value is -1.44. The van der Waals surface area contributed by atoms with Crippen molar-refractivity contribution < 1.29 is 13.2 Å². The summed E-state index contributed by atoms with van der Waals surface area (Å²) in [6.45, 7) is 1.70. The Bertz CT molecular complexity index is 636. The monoisotopic (exact) mass is 297 g/mol. The lowest BCUT2D eigenvalue weighted by molar-refractivity contribution is -0.123. The minimum absolute atomic E-state index is 0.150. The number of rotatable bonds is 4. The molecule has 2 rings (SSSR count). The predicted octanol–water partition coefficient (Wildman–Crippen LogP) is 0.723. The van der Waals surface area contributed by atoms with Crippen LogP contribution in [-0.2, 0) is 14.8 Å². The molecule has 1 aromatic rings. The van der Waals surface area contributed by atoms with Crippen LogP contribution >= 0.6 is 0 Å². The largest absolute Gasteiger partial charge is 0.324 e. The van der Waals surface area contributed by atoms with E-state index in [0.29, 0.717) is 24.1 Å². The zero-order valence-electron chi connectivity index (χ0n) is 11.6. The van der Waals surface area contributed by atoms with Crippen LogP contribution in [0, 0.1) is 6.92 Å². The third-order valence-corrected chi connectivity index (χ3v) is 5.26. The molecule has 0 bridgehead atoms. The number of carbonyl (C=O) groups excluding carboxylic acids is 1. The zero-order chi connectivity index (χ0) is 15.0. The van der Waals surface area contributed by atoms with Crippen molar-refractivity contribution >= 4 is 21.6 Å². The maximum Gasteiger partial charge on any atom is 0.244 e. The number of hydrogen-bond donors (Lipinski definition) is 3. The number of anilines is 1. The van der Waals surface area contributed by atoms with E-state index >= 15 is 0 Å². The van der Waals surface area contributed by atoms with E-state index in [9.17, 15) is 13.2 Å². The molecule has 0 radical (unpaired) electrons. The fraction of sp³-hybridized carbons (Fsp3) is 0.462. The Labute approximate surface area is 118 Å². The van der Waals surface area contributed by atoms with Gasteiger partial charge in [0.25, 0.3) is 0 Å². The Kier molecular flexibility index (Phi) is 3.86. The van der Waals surface area contributed by atoms with Crippen LogP contribution in [0.3, 0.4) is 0 Å². The highest BCUT2D eigenvalue weighted by molar-refractivity contribution is 7.89. The lowest BCUT2D eigenvalue weighted by Gasteiger charge is -2.36. The highest BCUT2D eigenvalue weighted by Crippen LogP contribution is 2.30. The summed E-state index contributed by atoms with van der Waals surface area (Å²) in [4.78, 5) is 12.2. The molecule has 1 aromatic carbocycles. The van der Waals surface area contributed by atoms with Crippen molar-refractivity contribution in [1.82, 2.24) is 4.72 Å². The molecule has 0 aliphatic heterocycles. The van der Waals surface area contributed by atoms with Crippen LogP contribution in [0.4, 0.5) is 5.69 Å². The Balaban J connectivity index is 2.26. The number of carbonyl (C=O) groups is 1. The Morgan fingerprint density at radius 1 is 1.35 bits per heavy atom. The molecule has 4 N–H and O–H groups in total. The number of benzene rings is 1.